The van der Waals surface area contributed by atoms with E-state index in [1.54, 1.807) is 0 Å². The minimum Gasteiger partial charge on any atom is -0.419 e. The van der Waals surface area contributed by atoms with Gasteiger partial charge >= 0.3 is 11.9 Å². The first-order valence-corrected chi connectivity index (χ1v) is 10.2. The predicted octanol–water partition coefficient (Wildman–Crippen LogP) is 3.23. The number of carbonyl (C=O) groups is 2. The van der Waals surface area contributed by atoms with Crippen LogP contribution in [0.5, 0.6) is 0 Å². The van der Waals surface area contributed by atoms with Crippen LogP contribution in [0.1, 0.15) is 25.0 Å². The monoisotopic (exact) mass is 406 g/mol. The first-order valence-electron chi connectivity index (χ1n) is 10.2. The van der Waals surface area contributed by atoms with Crippen LogP contribution < -0.4 is 4.90 Å². The average Bonchev–Trinajstić information content (AvgIpc) is 2.72. The van der Waals surface area contributed by atoms with E-state index >= 15 is 0 Å². The second-order valence-electron chi connectivity index (χ2n) is 8.08. The third-order valence-electron chi connectivity index (χ3n) is 5.31. The molecule has 0 N–H and O–H groups in total. The normalized spacial score (nSPS) is 19.3. The molecule has 2 heterocycles. The molecule has 4 rings (SSSR count). The van der Waals surface area contributed by atoms with E-state index in [4.69, 9.17) is 9.47 Å². The second-order valence-corrected chi connectivity index (χ2v) is 8.08. The maximum atomic E-state index is 12.1. The van der Waals surface area contributed by atoms with Gasteiger partial charge in [0.2, 0.25) is 0 Å². The zero-order valence-electron chi connectivity index (χ0n) is 17.3. The van der Waals surface area contributed by atoms with Gasteiger partial charge in [-0.3, -0.25) is 4.90 Å². The summed E-state index contributed by atoms with van der Waals surface area (Å²) >= 11 is 0. The molecule has 0 unspecified atom stereocenters. The van der Waals surface area contributed by atoms with Crippen molar-refractivity contribution >= 4 is 23.7 Å². The Morgan fingerprint density at radius 2 is 1.47 bits per heavy atom. The van der Waals surface area contributed by atoms with Gasteiger partial charge in [-0.05, 0) is 29.3 Å². The van der Waals surface area contributed by atoms with Gasteiger partial charge in [0.15, 0.2) is 0 Å². The summed E-state index contributed by atoms with van der Waals surface area (Å²) in [5, 5.41) is 0. The highest BCUT2D eigenvalue weighted by Gasteiger charge is 2.38. The molecule has 2 aliphatic rings. The average molecular weight is 406 g/mol. The quantitative estimate of drug-likeness (QED) is 0.441. The number of anilines is 1. The lowest BCUT2D eigenvalue weighted by atomic mass is 10.1. The number of hydrogen-bond donors (Lipinski definition) is 0. The summed E-state index contributed by atoms with van der Waals surface area (Å²) in [5.74, 6) is -2.54. The molecule has 0 aromatic heterocycles. The first kappa shape index (κ1) is 20.2. The van der Waals surface area contributed by atoms with Crippen LogP contribution in [0.4, 0.5) is 5.69 Å². The van der Waals surface area contributed by atoms with Crippen LogP contribution >= 0.6 is 0 Å². The summed E-state index contributed by atoms with van der Waals surface area (Å²) < 4.78 is 10.3. The Bertz CT molecular complexity index is 921. The Hall–Kier alpha value is -3.12. The van der Waals surface area contributed by atoms with Crippen molar-refractivity contribution in [3.05, 3.63) is 71.3 Å². The molecule has 2 aromatic rings. The second kappa shape index (κ2) is 8.32. The van der Waals surface area contributed by atoms with Crippen LogP contribution in [0, 0.1) is 0 Å². The topological polar surface area (TPSA) is 59.1 Å². The number of rotatable bonds is 4. The largest absolute Gasteiger partial charge is 0.419 e. The number of hydrogen-bond acceptors (Lipinski definition) is 6. The van der Waals surface area contributed by atoms with Gasteiger partial charge in [-0.1, -0.05) is 42.5 Å². The van der Waals surface area contributed by atoms with Crippen molar-refractivity contribution in [1.82, 2.24) is 4.90 Å². The Labute approximate surface area is 176 Å². The highest BCUT2D eigenvalue weighted by Crippen LogP contribution is 2.25. The summed E-state index contributed by atoms with van der Waals surface area (Å²) in [4.78, 5) is 29.0. The summed E-state index contributed by atoms with van der Waals surface area (Å²) in [6.45, 7) is 7.98. The molecular weight excluding hydrogens is 380 g/mol. The number of ether oxygens (including phenoxy) is 2. The first-order chi connectivity index (χ1) is 14.4. The van der Waals surface area contributed by atoms with Gasteiger partial charge in [0, 0.05) is 52.3 Å². The molecular formula is C24H26N2O4. The summed E-state index contributed by atoms with van der Waals surface area (Å²) in [6, 6.07) is 18.4. The summed E-state index contributed by atoms with van der Waals surface area (Å²) in [5.41, 5.74) is 3.14. The Kier molecular flexibility index (Phi) is 5.59. The van der Waals surface area contributed by atoms with E-state index in [9.17, 15) is 9.59 Å². The van der Waals surface area contributed by atoms with E-state index < -0.39 is 17.7 Å². The summed E-state index contributed by atoms with van der Waals surface area (Å²) in [7, 11) is 0. The van der Waals surface area contributed by atoms with Gasteiger partial charge in [-0.2, -0.15) is 0 Å². The number of carbonyl (C=O) groups excluding carboxylic acids is 2. The van der Waals surface area contributed by atoms with Crippen molar-refractivity contribution in [3.63, 3.8) is 0 Å². The van der Waals surface area contributed by atoms with Crippen LogP contribution in [-0.4, -0.2) is 48.8 Å². The maximum absolute atomic E-state index is 12.1. The van der Waals surface area contributed by atoms with Crippen LogP contribution in [0.15, 0.2) is 60.2 Å². The number of nitrogens with zero attached hydrogens (tertiary/aromatic N) is 2. The number of cyclic esters (lactones) is 2. The van der Waals surface area contributed by atoms with Crippen molar-refractivity contribution in [2.24, 2.45) is 0 Å². The Balaban J connectivity index is 1.36. The lowest BCUT2D eigenvalue weighted by molar-refractivity contribution is -0.222. The van der Waals surface area contributed by atoms with Crippen molar-refractivity contribution < 1.29 is 19.1 Å². The molecule has 0 amide bonds. The van der Waals surface area contributed by atoms with E-state index in [1.165, 1.54) is 25.5 Å². The van der Waals surface area contributed by atoms with Crippen LogP contribution in [-0.2, 0) is 25.6 Å². The van der Waals surface area contributed by atoms with Crippen LogP contribution in [0.2, 0.25) is 0 Å². The molecule has 6 heteroatoms. The third kappa shape index (κ3) is 4.71. The van der Waals surface area contributed by atoms with Crippen LogP contribution in [0.3, 0.4) is 0 Å². The van der Waals surface area contributed by atoms with Gasteiger partial charge in [-0.15, -0.1) is 0 Å². The lowest BCUT2D eigenvalue weighted by Crippen LogP contribution is -2.45. The number of piperazine rings is 1. The molecule has 30 heavy (non-hydrogen) atoms. The summed E-state index contributed by atoms with van der Waals surface area (Å²) in [6.07, 6.45) is 1.52. The molecule has 0 spiro atoms. The molecule has 2 aliphatic heterocycles. The molecule has 6 nitrogen and oxygen atoms in total. The standard InChI is InChI=1S/C24H26N2O4/c1-24(2)29-22(27)21(23(28)30-24)16-18-8-10-20(11-9-18)26-14-12-25(13-15-26)17-19-6-4-3-5-7-19/h3-11,16H,12-15,17H2,1-2H3. The zero-order chi connectivity index (χ0) is 21.1. The molecule has 0 atom stereocenters. The Morgan fingerprint density at radius 1 is 0.867 bits per heavy atom. The fourth-order valence-electron chi connectivity index (χ4n) is 3.73. The van der Waals surface area contributed by atoms with E-state index in [-0.39, 0.29) is 5.57 Å². The van der Waals surface area contributed by atoms with E-state index in [1.807, 2.05) is 30.3 Å². The smallest absolute Gasteiger partial charge is 0.348 e. The van der Waals surface area contributed by atoms with Crippen molar-refractivity contribution in [2.75, 3.05) is 31.1 Å². The van der Waals surface area contributed by atoms with Gasteiger partial charge in [-0.25, -0.2) is 9.59 Å². The van der Waals surface area contributed by atoms with Crippen LogP contribution in [0.25, 0.3) is 6.08 Å². The molecule has 0 aliphatic carbocycles. The van der Waals surface area contributed by atoms with Crippen molar-refractivity contribution in [3.8, 4) is 0 Å². The molecule has 0 bridgehead atoms. The number of benzene rings is 2. The highest BCUT2D eigenvalue weighted by atomic mass is 16.7. The minimum atomic E-state index is -1.22. The minimum absolute atomic E-state index is 0.0865. The molecule has 2 aromatic carbocycles. The SMILES string of the molecule is CC1(C)OC(=O)C(=Cc2ccc(N3CCN(Cc4ccccc4)CC3)cc2)C(=O)O1. The molecule has 2 saturated heterocycles. The molecule has 156 valence electrons. The van der Waals surface area contributed by atoms with Gasteiger partial charge in [0.25, 0.3) is 5.79 Å². The number of esters is 2. The molecule has 2 fully saturated rings. The van der Waals surface area contributed by atoms with Gasteiger partial charge < -0.3 is 14.4 Å². The molecule has 0 saturated carbocycles. The van der Waals surface area contributed by atoms with Crippen molar-refractivity contribution in [2.45, 2.75) is 26.2 Å². The fourth-order valence-corrected chi connectivity index (χ4v) is 3.73. The van der Waals surface area contributed by atoms with Crippen molar-refractivity contribution in [1.29, 1.82) is 0 Å². The van der Waals surface area contributed by atoms with E-state index in [0.717, 1.165) is 44.0 Å². The maximum Gasteiger partial charge on any atom is 0.348 e. The highest BCUT2D eigenvalue weighted by molar-refractivity contribution is 6.18. The van der Waals surface area contributed by atoms with E-state index in [0.29, 0.717) is 0 Å². The molecule has 0 radical (unpaired) electrons. The fraction of sp³-hybridized carbons (Fsp3) is 0.333. The predicted molar refractivity (Wildman–Crippen MR) is 115 cm³/mol. The van der Waals surface area contributed by atoms with Gasteiger partial charge in [0.1, 0.15) is 5.57 Å². The zero-order valence-corrected chi connectivity index (χ0v) is 17.3. The third-order valence-corrected chi connectivity index (χ3v) is 5.31. The van der Waals surface area contributed by atoms with E-state index in [2.05, 4.69) is 34.1 Å². The van der Waals surface area contributed by atoms with Gasteiger partial charge in [0.05, 0.1) is 0 Å². The lowest BCUT2D eigenvalue weighted by Gasteiger charge is -2.36. The Morgan fingerprint density at radius 3 is 2.07 bits per heavy atom.